The molecule has 20 nitrogen and oxygen atoms in total. The summed E-state index contributed by atoms with van der Waals surface area (Å²) in [4.78, 5) is 78.2. The second-order valence-electron chi connectivity index (χ2n) is 32.5. The van der Waals surface area contributed by atoms with Crippen LogP contribution >= 0.6 is 22.7 Å². The molecule has 4 amide bonds. The van der Waals surface area contributed by atoms with Crippen LogP contribution in [-0.2, 0) is 32.1 Å². The number of likely N-dealkylation sites (tertiary alicyclic amines) is 2. The van der Waals surface area contributed by atoms with Gasteiger partial charge in [0.2, 0.25) is 17.7 Å². The number of ether oxygens (including phenoxy) is 1. The predicted molar refractivity (Wildman–Crippen MR) is 401 cm³/mol. The Hall–Kier alpha value is -7.24. The van der Waals surface area contributed by atoms with Gasteiger partial charge in [-0.05, 0) is 175 Å². The van der Waals surface area contributed by atoms with Crippen molar-refractivity contribution in [3.8, 4) is 21.6 Å². The first kappa shape index (κ1) is 72.1. The first-order valence-corrected chi connectivity index (χ1v) is 39.2. The van der Waals surface area contributed by atoms with Crippen molar-refractivity contribution >= 4 is 79.1 Å². The summed E-state index contributed by atoms with van der Waals surface area (Å²) in [6.45, 7) is 25.2. The molecule has 5 aromatic heterocycles. The second-order valence-corrected chi connectivity index (χ2v) is 34.4. The number of pyridine rings is 1. The Kier molecular flexibility index (Phi) is 21.6. The van der Waals surface area contributed by atoms with Crippen molar-refractivity contribution < 1.29 is 29.0 Å². The van der Waals surface area contributed by atoms with Gasteiger partial charge < -0.3 is 45.8 Å². The molecule has 5 N–H and O–H groups in total. The number of β-amino-alcohol motifs (C(OH)–C–C–N with tert-alkyl or cyclic N) is 1. The summed E-state index contributed by atoms with van der Waals surface area (Å²) in [6.07, 6.45) is 21.4. The highest BCUT2D eigenvalue weighted by atomic mass is 32.1. The van der Waals surface area contributed by atoms with E-state index < -0.39 is 23.6 Å². The van der Waals surface area contributed by atoms with Crippen LogP contribution in [0, 0.1) is 42.4 Å². The molecular formula is C79H106N14O6S2. The number of carbonyl (C=O) groups is 4. The maximum atomic E-state index is 14.8. The number of nitrogens with one attached hydrogen (secondary N) is 4. The minimum absolute atomic E-state index is 0.0206. The number of fused-ring (bicyclic) bond motifs is 2. The molecule has 0 spiro atoms. The normalized spacial score (nSPS) is 23.9. The zero-order chi connectivity index (χ0) is 70.8. The average Bonchev–Trinajstić information content (AvgIpc) is 0.738. The Morgan fingerprint density at radius 1 is 0.792 bits per heavy atom. The van der Waals surface area contributed by atoms with Crippen molar-refractivity contribution in [1.82, 2.24) is 60.7 Å². The van der Waals surface area contributed by atoms with E-state index >= 15 is 0 Å². The first-order valence-electron chi connectivity index (χ1n) is 37.5. The van der Waals surface area contributed by atoms with E-state index in [-0.39, 0.29) is 64.5 Å². The molecule has 6 atom stereocenters. The van der Waals surface area contributed by atoms with Crippen molar-refractivity contribution in [2.45, 2.75) is 234 Å². The van der Waals surface area contributed by atoms with Crippen molar-refractivity contribution in [3.63, 3.8) is 0 Å². The lowest BCUT2D eigenvalue weighted by Crippen LogP contribution is -2.64. The minimum Gasteiger partial charge on any atom is -0.391 e. The number of anilines is 4. The van der Waals surface area contributed by atoms with Gasteiger partial charge in [-0.1, -0.05) is 127 Å². The fourth-order valence-corrected chi connectivity index (χ4v) is 20.5. The van der Waals surface area contributed by atoms with E-state index in [1.165, 1.54) is 50.1 Å². The summed E-state index contributed by atoms with van der Waals surface area (Å²) in [5, 5.41) is 39.2. The Morgan fingerprint density at radius 2 is 1.51 bits per heavy atom. The van der Waals surface area contributed by atoms with E-state index in [1.807, 2.05) is 94.9 Å². The van der Waals surface area contributed by atoms with Crippen molar-refractivity contribution in [3.05, 3.63) is 106 Å². The fraction of sp³-hybridized carbons (Fsp3) is 0.595. The largest absolute Gasteiger partial charge is 0.391 e. The van der Waals surface area contributed by atoms with E-state index in [2.05, 4.69) is 80.6 Å². The number of carbonyl (C=O) groups excluding carboxylic acids is 4. The van der Waals surface area contributed by atoms with Crippen LogP contribution in [0.2, 0.25) is 0 Å². The van der Waals surface area contributed by atoms with E-state index in [9.17, 15) is 24.3 Å². The van der Waals surface area contributed by atoms with E-state index in [0.29, 0.717) is 43.3 Å². The molecule has 6 fully saturated rings. The molecule has 7 aliphatic rings. The van der Waals surface area contributed by atoms with Crippen LogP contribution in [0.15, 0.2) is 72.4 Å². The Morgan fingerprint density at radius 3 is 2.23 bits per heavy atom. The molecular weight excluding hydrogens is 1310 g/mol. The Bertz CT molecular complexity index is 4060. The van der Waals surface area contributed by atoms with E-state index in [4.69, 9.17) is 30.0 Å². The van der Waals surface area contributed by atoms with Crippen LogP contribution in [0.3, 0.4) is 0 Å². The van der Waals surface area contributed by atoms with E-state index in [0.717, 1.165) is 174 Å². The third-order valence-corrected chi connectivity index (χ3v) is 24.7. The van der Waals surface area contributed by atoms with Crippen LogP contribution in [-0.4, -0.2) is 143 Å². The number of hydrogen-bond donors (Lipinski definition) is 5. The van der Waals surface area contributed by atoms with Gasteiger partial charge in [-0.3, -0.25) is 23.9 Å². The number of unbranched alkanes of at least 4 members (excludes halogenated alkanes) is 8. The van der Waals surface area contributed by atoms with Gasteiger partial charge in [0.1, 0.15) is 23.6 Å². The fourth-order valence-electron chi connectivity index (χ4n) is 18.9. The van der Waals surface area contributed by atoms with Crippen LogP contribution < -0.4 is 26.2 Å². The summed E-state index contributed by atoms with van der Waals surface area (Å²) in [7, 11) is 0. The second kappa shape index (κ2) is 30.2. The van der Waals surface area contributed by atoms with Gasteiger partial charge in [0.25, 0.3) is 5.91 Å². The maximum Gasteiger partial charge on any atom is 0.270 e. The molecule has 540 valence electrons. The number of aliphatic hydroxyl groups is 1. The van der Waals surface area contributed by atoms with Gasteiger partial charge in [-0.15, -0.1) is 21.5 Å². The molecule has 22 heteroatoms. The molecule has 2 saturated heterocycles. The summed E-state index contributed by atoms with van der Waals surface area (Å²) >= 11 is 3.18. The number of nitrogens with zero attached hydrogens (tertiary/aromatic N) is 10. The number of rotatable bonds is 29. The number of aliphatic hydroxyl groups excluding tert-OH is 1. The number of hydrogen-bond acceptors (Lipinski definition) is 17. The zero-order valence-electron chi connectivity index (χ0n) is 61.0. The molecule has 7 aromatic rings. The zero-order valence-corrected chi connectivity index (χ0v) is 62.7. The number of aryl methyl sites for hydroxylation is 1. The van der Waals surface area contributed by atoms with Crippen LogP contribution in [0.4, 0.5) is 22.6 Å². The van der Waals surface area contributed by atoms with E-state index in [1.54, 1.807) is 22.7 Å². The average molecular weight is 1410 g/mol. The van der Waals surface area contributed by atoms with Crippen LogP contribution in [0.1, 0.15) is 215 Å². The van der Waals surface area contributed by atoms with Crippen molar-refractivity contribution in [2.75, 3.05) is 56.1 Å². The van der Waals surface area contributed by atoms with Crippen molar-refractivity contribution in [1.29, 1.82) is 0 Å². The lowest BCUT2D eigenvalue weighted by Gasteiger charge is -2.69. The lowest BCUT2D eigenvalue weighted by atomic mass is 9.39. The Balaban J connectivity index is 0.601. The molecule has 4 aliphatic carbocycles. The van der Waals surface area contributed by atoms with Gasteiger partial charge in [0, 0.05) is 73.5 Å². The van der Waals surface area contributed by atoms with Gasteiger partial charge >= 0.3 is 0 Å². The van der Waals surface area contributed by atoms with Gasteiger partial charge in [-0.25, -0.2) is 15.0 Å². The third kappa shape index (κ3) is 16.3. The van der Waals surface area contributed by atoms with Gasteiger partial charge in [0.15, 0.2) is 16.8 Å². The minimum atomic E-state index is -0.873. The number of thiazole rings is 2. The third-order valence-electron chi connectivity index (χ3n) is 22.7. The molecule has 2 unspecified atom stereocenters. The number of benzene rings is 2. The predicted octanol–water partition coefficient (Wildman–Crippen LogP) is 14.5. The smallest absolute Gasteiger partial charge is 0.270 e. The number of para-hydroxylation sites is 1. The summed E-state index contributed by atoms with van der Waals surface area (Å²) in [5.74, 6) is 0.993. The number of amides is 4. The highest BCUT2D eigenvalue weighted by Crippen LogP contribution is 2.72. The molecule has 101 heavy (non-hydrogen) atoms. The Labute approximate surface area is 604 Å². The molecule has 2 aromatic carbocycles. The SMILES string of the molecule is Cc1ncsc1-c1ccc([C@H](C)NC(=O)[C@@H]2C[C@@H](O)CN2C(=O)[C@@H](NC(=O)CCCCCCCCCCCNC(=O)c2nc(N3CCCc4c3nnc(Nc3nc5ccccc5s3)c4C)ccc2-c2cnn(CC34CC5(C)CC(C)(C3)CC(OCCN3CCCC3)(C5)C4)c2C)C(C)(C)C)cc1. The van der Waals surface area contributed by atoms with Gasteiger partial charge in [-0.2, -0.15) is 5.10 Å². The highest BCUT2D eigenvalue weighted by Gasteiger charge is 2.66. The molecule has 0 radical (unpaired) electrons. The quantitative estimate of drug-likeness (QED) is 0.0274. The summed E-state index contributed by atoms with van der Waals surface area (Å²) in [6, 6.07) is 18.2. The van der Waals surface area contributed by atoms with Crippen LogP contribution in [0.5, 0.6) is 0 Å². The monoisotopic (exact) mass is 1410 g/mol. The molecule has 4 saturated carbocycles. The maximum absolute atomic E-state index is 14.8. The topological polar surface area (TPSA) is 238 Å². The molecule has 8 heterocycles. The first-order chi connectivity index (χ1) is 48.4. The van der Waals surface area contributed by atoms with Gasteiger partial charge in [0.05, 0.1) is 56.8 Å². The van der Waals surface area contributed by atoms with Crippen LogP contribution in [0.25, 0.3) is 31.8 Å². The van der Waals surface area contributed by atoms with Crippen molar-refractivity contribution in [2.24, 2.45) is 21.7 Å². The lowest BCUT2D eigenvalue weighted by molar-refractivity contribution is -0.248. The summed E-state index contributed by atoms with van der Waals surface area (Å²) < 4.78 is 10.5. The molecule has 14 rings (SSSR count). The summed E-state index contributed by atoms with van der Waals surface area (Å²) in [5.41, 5.74) is 10.7. The molecule has 4 bridgehead atoms. The highest BCUT2D eigenvalue weighted by molar-refractivity contribution is 7.22. The molecule has 3 aliphatic heterocycles. The number of aromatic nitrogens is 7. The standard InChI is InChI=1S/C79H106N14O6S2/c1-51-58-24-23-37-91(70(58)89-88-69(51)87-74-84-61-25-18-19-26-63(61)101-74)64-33-32-59(60-41-82-93(54(60)4)49-78-44-76(8)43-77(9,45-78)47-79(46-76,48-78)99-39-38-90-35-21-22-36-90)66(85-64)72(97)80-34-20-16-14-12-10-11-13-15-17-27-65(95)86-68(75(5,6)7)73(98)92-42-57(94)40-62(92)71(96)83-52(2)55-28-30-56(31-29-55)67-53(3)81-50-100-67/h18-19,25-26,28-33,41,50,52,57,62,68,94H,10-17,20-24,27,34-40,42-49H2,1-9H3,(H,80,97)(H,83,96)(H,86,95)(H,84,87,88)/t52-,57+,62-,68+,76?,77?,78?,79?/m0/s1.